The van der Waals surface area contributed by atoms with Crippen LogP contribution >= 0.6 is 15.9 Å². The first-order valence-electron chi connectivity index (χ1n) is 7.31. The number of halogens is 2. The predicted molar refractivity (Wildman–Crippen MR) is 90.7 cm³/mol. The van der Waals surface area contributed by atoms with Crippen molar-refractivity contribution >= 4 is 27.4 Å². The van der Waals surface area contributed by atoms with Crippen LogP contribution in [0.25, 0.3) is 11.3 Å². The molecule has 2 heterocycles. The number of rotatable bonds is 2. The molecule has 0 amide bonds. The number of ether oxygens (including phenoxy) is 1. The molecule has 0 bridgehead atoms. The van der Waals surface area contributed by atoms with Crippen LogP contribution in [-0.2, 0) is 11.8 Å². The maximum absolute atomic E-state index is 13.7. The van der Waals surface area contributed by atoms with Crippen LogP contribution < -0.4 is 17.2 Å². The van der Waals surface area contributed by atoms with Gasteiger partial charge in [0.25, 0.3) is 0 Å². The Morgan fingerprint density at radius 1 is 1.30 bits per heavy atom. The molecule has 1 saturated heterocycles. The van der Waals surface area contributed by atoms with Crippen molar-refractivity contribution in [2.24, 2.45) is 7.05 Å². The molecule has 1 aromatic heterocycles. The molecule has 0 unspecified atom stereocenters. The monoisotopic (exact) mass is 384 g/mol. The number of hydrogen-bond acceptors (Lipinski definition) is 4. The molecule has 0 saturated carbocycles. The van der Waals surface area contributed by atoms with Crippen LogP contribution in [0.5, 0.6) is 0 Å². The van der Waals surface area contributed by atoms with Crippen molar-refractivity contribution in [2.75, 3.05) is 24.7 Å². The number of nitrogens with zero attached hydrogens (tertiary/aromatic N) is 2. The Hall–Kier alpha value is -1.80. The van der Waals surface area contributed by atoms with Gasteiger partial charge in [-0.05, 0) is 40.9 Å². The van der Waals surface area contributed by atoms with E-state index in [9.17, 15) is 9.18 Å². The van der Waals surface area contributed by atoms with E-state index in [1.807, 2.05) is 0 Å². The third-order valence-corrected chi connectivity index (χ3v) is 4.85. The van der Waals surface area contributed by atoms with Crippen LogP contribution in [0, 0.1) is 5.82 Å². The van der Waals surface area contributed by atoms with Gasteiger partial charge in [-0.3, -0.25) is 9.13 Å². The third-order valence-electron chi connectivity index (χ3n) is 4.24. The summed E-state index contributed by atoms with van der Waals surface area (Å²) in [4.78, 5) is 12.6. The fourth-order valence-electron chi connectivity index (χ4n) is 2.96. The minimum Gasteiger partial charge on any atom is -0.398 e. The second-order valence-corrected chi connectivity index (χ2v) is 6.50. The van der Waals surface area contributed by atoms with Gasteiger partial charge in [0.15, 0.2) is 0 Å². The zero-order valence-corrected chi connectivity index (χ0v) is 14.3. The molecule has 0 radical (unpaired) electrons. The Morgan fingerprint density at radius 3 is 2.61 bits per heavy atom. The van der Waals surface area contributed by atoms with Gasteiger partial charge >= 0.3 is 5.69 Å². The number of nitrogens with two attached hydrogens (primary N) is 2. The van der Waals surface area contributed by atoms with Crippen molar-refractivity contribution in [2.45, 2.75) is 18.9 Å². The van der Waals surface area contributed by atoms with E-state index in [1.54, 1.807) is 17.7 Å². The van der Waals surface area contributed by atoms with Gasteiger partial charge in [0.05, 0.1) is 10.2 Å². The number of aromatic nitrogens is 2. The molecule has 1 aliphatic heterocycles. The lowest BCUT2D eigenvalue weighted by Crippen LogP contribution is -2.30. The van der Waals surface area contributed by atoms with Crippen LogP contribution in [0.2, 0.25) is 0 Å². The van der Waals surface area contributed by atoms with Crippen LogP contribution in [0.1, 0.15) is 18.9 Å². The topological polar surface area (TPSA) is 88.2 Å². The summed E-state index contributed by atoms with van der Waals surface area (Å²) in [5.74, 6) is -0.146. The first-order chi connectivity index (χ1) is 10.9. The zero-order chi connectivity index (χ0) is 16.7. The van der Waals surface area contributed by atoms with E-state index in [4.69, 9.17) is 16.2 Å². The second-order valence-electron chi connectivity index (χ2n) is 5.64. The Labute approximate surface area is 141 Å². The van der Waals surface area contributed by atoms with Gasteiger partial charge in [-0.1, -0.05) is 0 Å². The fraction of sp³-hybridized carbons (Fsp3) is 0.400. The summed E-state index contributed by atoms with van der Waals surface area (Å²) >= 11 is 3.16. The van der Waals surface area contributed by atoms with E-state index in [0.29, 0.717) is 30.3 Å². The van der Waals surface area contributed by atoms with Crippen molar-refractivity contribution in [1.82, 2.24) is 9.13 Å². The summed E-state index contributed by atoms with van der Waals surface area (Å²) in [7, 11) is 1.62. The van der Waals surface area contributed by atoms with Gasteiger partial charge < -0.3 is 16.2 Å². The average Bonchev–Trinajstić information content (AvgIpc) is 2.76. The number of benzene rings is 1. The molecule has 1 aromatic carbocycles. The van der Waals surface area contributed by atoms with Gasteiger partial charge in [-0.25, -0.2) is 9.18 Å². The van der Waals surface area contributed by atoms with Crippen molar-refractivity contribution in [3.63, 3.8) is 0 Å². The van der Waals surface area contributed by atoms with Gasteiger partial charge in [-0.2, -0.15) is 0 Å². The largest absolute Gasteiger partial charge is 0.398 e. The highest BCUT2D eigenvalue weighted by Gasteiger charge is 2.26. The van der Waals surface area contributed by atoms with Gasteiger partial charge in [0, 0.05) is 37.6 Å². The summed E-state index contributed by atoms with van der Waals surface area (Å²) in [6.45, 7) is 1.18. The molecule has 8 heteroatoms. The quantitative estimate of drug-likeness (QED) is 0.777. The molecule has 0 aliphatic carbocycles. The molecule has 6 nitrogen and oxygen atoms in total. The number of nitrogen functional groups attached to an aromatic ring is 2. The maximum Gasteiger partial charge on any atom is 0.330 e. The van der Waals surface area contributed by atoms with Crippen LogP contribution in [0.3, 0.4) is 0 Å². The Bertz CT molecular complexity index is 809. The smallest absolute Gasteiger partial charge is 0.330 e. The summed E-state index contributed by atoms with van der Waals surface area (Å²) in [6, 6.07) is 2.77. The molecule has 1 aliphatic rings. The van der Waals surface area contributed by atoms with Crippen LogP contribution in [0.15, 0.2) is 21.4 Å². The number of hydrogen-bond donors (Lipinski definition) is 2. The van der Waals surface area contributed by atoms with Crippen LogP contribution in [-0.4, -0.2) is 22.3 Å². The molecule has 0 atom stereocenters. The van der Waals surface area contributed by atoms with Crippen molar-refractivity contribution in [3.8, 4) is 11.3 Å². The molecule has 124 valence electrons. The summed E-state index contributed by atoms with van der Waals surface area (Å²) in [6.07, 6.45) is 1.44. The number of imidazole rings is 1. The molecule has 1 fully saturated rings. The zero-order valence-electron chi connectivity index (χ0n) is 12.7. The SMILES string of the molecule is Cn1c(N)c(-c2cc(Br)c(F)cc2N)n(C2CCOCC2)c1=O. The van der Waals surface area contributed by atoms with Crippen molar-refractivity contribution in [1.29, 1.82) is 0 Å². The normalized spacial score (nSPS) is 16.0. The Balaban J connectivity index is 2.25. The fourth-order valence-corrected chi connectivity index (χ4v) is 3.30. The lowest BCUT2D eigenvalue weighted by Gasteiger charge is -2.25. The molecule has 2 aromatic rings. The highest BCUT2D eigenvalue weighted by molar-refractivity contribution is 9.10. The highest BCUT2D eigenvalue weighted by Crippen LogP contribution is 2.36. The van der Waals surface area contributed by atoms with Crippen LogP contribution in [0.4, 0.5) is 15.9 Å². The highest BCUT2D eigenvalue weighted by atomic mass is 79.9. The molecule has 3 rings (SSSR count). The van der Waals surface area contributed by atoms with E-state index in [0.717, 1.165) is 12.8 Å². The minimum atomic E-state index is -0.458. The first kappa shape index (κ1) is 16.1. The van der Waals surface area contributed by atoms with E-state index in [1.165, 1.54) is 10.6 Å². The van der Waals surface area contributed by atoms with E-state index < -0.39 is 5.82 Å². The predicted octanol–water partition coefficient (Wildman–Crippen LogP) is 2.27. The molecule has 0 spiro atoms. The number of anilines is 2. The minimum absolute atomic E-state index is 0.0158. The molecule has 4 N–H and O–H groups in total. The van der Waals surface area contributed by atoms with E-state index >= 15 is 0 Å². The molecule has 23 heavy (non-hydrogen) atoms. The van der Waals surface area contributed by atoms with Crippen molar-refractivity contribution < 1.29 is 9.13 Å². The summed E-state index contributed by atoms with van der Waals surface area (Å²) < 4.78 is 22.4. The Morgan fingerprint density at radius 2 is 1.96 bits per heavy atom. The molecular formula is C15H18BrFN4O2. The van der Waals surface area contributed by atoms with Crippen molar-refractivity contribution in [3.05, 3.63) is 32.9 Å². The average molecular weight is 385 g/mol. The lowest BCUT2D eigenvalue weighted by atomic mass is 10.1. The summed E-state index contributed by atoms with van der Waals surface area (Å²) in [5.41, 5.74) is 13.2. The lowest BCUT2D eigenvalue weighted by molar-refractivity contribution is 0.0690. The first-order valence-corrected chi connectivity index (χ1v) is 8.10. The van der Waals surface area contributed by atoms with E-state index in [2.05, 4.69) is 15.9 Å². The molecular weight excluding hydrogens is 367 g/mol. The van der Waals surface area contributed by atoms with Gasteiger partial charge in [0.1, 0.15) is 11.6 Å². The summed E-state index contributed by atoms with van der Waals surface area (Å²) in [5, 5.41) is 0. The van der Waals surface area contributed by atoms with E-state index in [-0.39, 0.29) is 21.9 Å². The third kappa shape index (κ3) is 2.66. The van der Waals surface area contributed by atoms with Gasteiger partial charge in [-0.15, -0.1) is 0 Å². The maximum atomic E-state index is 13.7. The Kier molecular flexibility index (Phi) is 4.20. The second kappa shape index (κ2) is 6.01. The van der Waals surface area contributed by atoms with Gasteiger partial charge in [0.2, 0.25) is 0 Å². The standard InChI is InChI=1S/C15H18BrFN4O2/c1-20-14(19)13(9-6-10(16)11(17)7-12(9)18)21(15(20)22)8-2-4-23-5-3-8/h6-8H,2-5,18-19H2,1H3.